The number of urea groups is 1. The monoisotopic (exact) mass is 519 g/mol. The smallest absolute Gasteiger partial charge is 0.323 e. The lowest BCUT2D eigenvalue weighted by atomic mass is 10.1. The molecule has 2 aromatic carbocycles. The number of hydrogen-bond donors (Lipinski definition) is 3. The van der Waals surface area contributed by atoms with Gasteiger partial charge in [0.1, 0.15) is 29.4 Å². The van der Waals surface area contributed by atoms with Crippen LogP contribution in [0, 0.1) is 11.6 Å². The van der Waals surface area contributed by atoms with Crippen molar-refractivity contribution in [1.82, 2.24) is 19.4 Å². The van der Waals surface area contributed by atoms with Crippen molar-refractivity contribution in [3.8, 4) is 11.1 Å². The Hall–Kier alpha value is -4.09. The molecule has 1 aliphatic carbocycles. The van der Waals surface area contributed by atoms with E-state index in [4.69, 9.17) is 10.5 Å². The first-order chi connectivity index (χ1) is 18.5. The molecule has 4 aromatic rings. The highest BCUT2D eigenvalue weighted by Crippen LogP contribution is 2.42. The van der Waals surface area contributed by atoms with Crippen LogP contribution in [-0.2, 0) is 11.3 Å². The molecule has 2 aliphatic rings. The maximum absolute atomic E-state index is 15.1. The summed E-state index contributed by atoms with van der Waals surface area (Å²) in [4.78, 5) is 23.2. The third kappa shape index (κ3) is 4.90. The molecule has 1 saturated carbocycles. The predicted octanol–water partition coefficient (Wildman–Crippen LogP) is 4.77. The molecule has 4 N–H and O–H groups in total. The van der Waals surface area contributed by atoms with E-state index < -0.39 is 17.7 Å². The molecule has 1 aliphatic heterocycles. The fourth-order valence-electron chi connectivity index (χ4n) is 4.79. The van der Waals surface area contributed by atoms with Crippen molar-refractivity contribution in [3.63, 3.8) is 0 Å². The molecule has 0 atom stereocenters. The number of amides is 2. The predicted molar refractivity (Wildman–Crippen MR) is 141 cm³/mol. The first kappa shape index (κ1) is 24.3. The highest BCUT2D eigenvalue weighted by atomic mass is 19.1. The quantitative estimate of drug-likeness (QED) is 0.339. The lowest BCUT2D eigenvalue weighted by Crippen LogP contribution is -2.35. The third-order valence-corrected chi connectivity index (χ3v) is 6.90. The normalized spacial score (nSPS) is 16.1. The molecule has 0 spiro atoms. The van der Waals surface area contributed by atoms with Crippen LogP contribution in [0.3, 0.4) is 0 Å². The molecule has 11 heteroatoms. The van der Waals surface area contributed by atoms with Crippen LogP contribution < -0.4 is 16.4 Å². The molecular weight excluding hydrogens is 492 g/mol. The van der Waals surface area contributed by atoms with Gasteiger partial charge in [0.15, 0.2) is 0 Å². The lowest BCUT2D eigenvalue weighted by Gasteiger charge is -2.26. The van der Waals surface area contributed by atoms with Gasteiger partial charge in [-0.1, -0.05) is 12.1 Å². The van der Waals surface area contributed by atoms with Crippen LogP contribution in [0.2, 0.25) is 0 Å². The van der Waals surface area contributed by atoms with E-state index in [1.807, 2.05) is 6.20 Å². The van der Waals surface area contributed by atoms with Gasteiger partial charge in [0.25, 0.3) is 0 Å². The number of nitrogens with one attached hydrogen (secondary N) is 2. The van der Waals surface area contributed by atoms with Gasteiger partial charge in [0, 0.05) is 37.4 Å². The van der Waals surface area contributed by atoms with Crippen LogP contribution in [0.5, 0.6) is 0 Å². The summed E-state index contributed by atoms with van der Waals surface area (Å²) >= 11 is 0. The van der Waals surface area contributed by atoms with Crippen molar-refractivity contribution >= 4 is 34.3 Å². The van der Waals surface area contributed by atoms with E-state index >= 15 is 4.39 Å². The lowest BCUT2D eigenvalue weighted by molar-refractivity contribution is 0.0341. The Balaban J connectivity index is 1.16. The van der Waals surface area contributed by atoms with Crippen molar-refractivity contribution in [3.05, 3.63) is 66.1 Å². The van der Waals surface area contributed by atoms with Crippen LogP contribution in [-0.4, -0.2) is 51.8 Å². The summed E-state index contributed by atoms with van der Waals surface area (Å²) in [6, 6.07) is 8.75. The largest absolute Gasteiger partial charge is 0.383 e. The second-order valence-electron chi connectivity index (χ2n) is 9.62. The SMILES string of the molecule is Nc1ncnc2c1c(-c1ccc(NC(=O)Nc3ccc(CN4CCOCC4)cc3F)c(F)c1)cn2C1CC1. The molecule has 6 rings (SSSR count). The second kappa shape index (κ2) is 9.99. The van der Waals surface area contributed by atoms with Gasteiger partial charge in [0.05, 0.1) is 30.0 Å². The van der Waals surface area contributed by atoms with E-state index in [1.165, 1.54) is 30.6 Å². The Morgan fingerprint density at radius 2 is 1.74 bits per heavy atom. The molecule has 0 unspecified atom stereocenters. The number of hydrogen-bond acceptors (Lipinski definition) is 6. The molecule has 1 saturated heterocycles. The maximum atomic E-state index is 15.1. The number of fused-ring (bicyclic) bond motifs is 1. The van der Waals surface area contributed by atoms with Gasteiger partial charge in [-0.15, -0.1) is 0 Å². The van der Waals surface area contributed by atoms with E-state index in [0.717, 1.165) is 42.7 Å². The highest BCUT2D eigenvalue weighted by molar-refractivity contribution is 6.02. The number of nitrogens with zero attached hydrogens (tertiary/aromatic N) is 4. The fourth-order valence-corrected chi connectivity index (χ4v) is 4.79. The van der Waals surface area contributed by atoms with Crippen molar-refractivity contribution in [1.29, 1.82) is 0 Å². The molecule has 196 valence electrons. The van der Waals surface area contributed by atoms with Crippen LogP contribution in [0.15, 0.2) is 48.9 Å². The van der Waals surface area contributed by atoms with Crippen molar-refractivity contribution in [2.24, 2.45) is 0 Å². The summed E-state index contributed by atoms with van der Waals surface area (Å²) in [7, 11) is 0. The summed E-state index contributed by atoms with van der Waals surface area (Å²) in [5, 5.41) is 5.59. The number of benzene rings is 2. The molecule has 9 nitrogen and oxygen atoms in total. The summed E-state index contributed by atoms with van der Waals surface area (Å²) in [6.45, 7) is 3.50. The molecule has 2 fully saturated rings. The van der Waals surface area contributed by atoms with E-state index in [2.05, 4.69) is 30.1 Å². The summed E-state index contributed by atoms with van der Waals surface area (Å²) in [6.07, 6.45) is 5.45. The highest BCUT2D eigenvalue weighted by Gasteiger charge is 2.28. The minimum absolute atomic E-state index is 0.00798. The molecular formula is C27H27F2N7O2. The Labute approximate surface area is 217 Å². The fraction of sp³-hybridized carbons (Fsp3) is 0.296. The topological polar surface area (TPSA) is 110 Å². The van der Waals surface area contributed by atoms with Crippen LogP contribution in [0.1, 0.15) is 24.4 Å². The number of carbonyl (C=O) groups excluding carboxylic acids is 1. The number of carbonyl (C=O) groups is 1. The second-order valence-corrected chi connectivity index (χ2v) is 9.62. The minimum Gasteiger partial charge on any atom is -0.383 e. The van der Waals surface area contributed by atoms with Gasteiger partial charge < -0.3 is 25.7 Å². The molecule has 38 heavy (non-hydrogen) atoms. The van der Waals surface area contributed by atoms with Crippen molar-refractivity contribution in [2.45, 2.75) is 25.4 Å². The number of nitrogen functional groups attached to an aromatic ring is 1. The van der Waals surface area contributed by atoms with Crippen molar-refractivity contribution in [2.75, 3.05) is 42.7 Å². The number of aromatic nitrogens is 3. The van der Waals surface area contributed by atoms with Gasteiger partial charge >= 0.3 is 6.03 Å². The number of halogens is 2. The Morgan fingerprint density at radius 3 is 2.42 bits per heavy atom. The maximum Gasteiger partial charge on any atom is 0.323 e. The van der Waals surface area contributed by atoms with Gasteiger partial charge in [-0.3, -0.25) is 4.90 Å². The average molecular weight is 520 g/mol. The Morgan fingerprint density at radius 1 is 1.03 bits per heavy atom. The van der Waals surface area contributed by atoms with Gasteiger partial charge in [-0.2, -0.15) is 0 Å². The standard InChI is InChI=1S/C27H27F2N7O2/c28-20-11-16(13-35-7-9-38-10-8-35)1-5-22(20)33-27(37)34-23-6-2-17(12-21(23)29)19-14-36(18-3-4-18)26-24(19)25(30)31-15-32-26/h1-2,5-6,11-12,14-15,18H,3-4,7-10,13H2,(H2,30,31,32)(H2,33,34,37). The third-order valence-electron chi connectivity index (χ3n) is 6.90. The van der Waals surface area contributed by atoms with E-state index in [9.17, 15) is 9.18 Å². The number of morpholine rings is 1. The number of nitrogens with two attached hydrogens (primary N) is 1. The van der Waals surface area contributed by atoms with E-state index in [1.54, 1.807) is 12.1 Å². The van der Waals surface area contributed by atoms with E-state index in [-0.39, 0.29) is 11.4 Å². The van der Waals surface area contributed by atoms with Crippen LogP contribution >= 0.6 is 0 Å². The zero-order valence-corrected chi connectivity index (χ0v) is 20.6. The zero-order chi connectivity index (χ0) is 26.2. The molecule has 0 radical (unpaired) electrons. The first-order valence-electron chi connectivity index (χ1n) is 12.5. The summed E-state index contributed by atoms with van der Waals surface area (Å²) < 4.78 is 37.1. The van der Waals surface area contributed by atoms with Crippen LogP contribution in [0.4, 0.5) is 30.8 Å². The molecule has 2 amide bonds. The van der Waals surface area contributed by atoms with Gasteiger partial charge in [-0.05, 0) is 48.2 Å². The molecule has 3 heterocycles. The number of ether oxygens (including phenoxy) is 1. The Bertz CT molecular complexity index is 1510. The number of rotatable bonds is 6. The first-order valence-corrected chi connectivity index (χ1v) is 12.5. The average Bonchev–Trinajstić information content (AvgIpc) is 3.67. The summed E-state index contributed by atoms with van der Waals surface area (Å²) in [5.41, 5.74) is 8.93. The molecule has 2 aromatic heterocycles. The Kier molecular flexibility index (Phi) is 6.38. The van der Waals surface area contributed by atoms with Crippen LogP contribution in [0.25, 0.3) is 22.2 Å². The van der Waals surface area contributed by atoms with Gasteiger partial charge in [-0.25, -0.2) is 23.5 Å². The van der Waals surface area contributed by atoms with Gasteiger partial charge in [0.2, 0.25) is 0 Å². The molecule has 0 bridgehead atoms. The number of anilines is 3. The summed E-state index contributed by atoms with van der Waals surface area (Å²) in [5.74, 6) is -0.875. The zero-order valence-electron chi connectivity index (χ0n) is 20.6. The van der Waals surface area contributed by atoms with E-state index in [0.29, 0.717) is 42.6 Å². The van der Waals surface area contributed by atoms with Crippen molar-refractivity contribution < 1.29 is 18.3 Å². The minimum atomic E-state index is -0.751.